The molecule has 0 radical (unpaired) electrons. The van der Waals surface area contributed by atoms with Gasteiger partial charge in [-0.2, -0.15) is 9.78 Å². The maximum absolute atomic E-state index is 12.7. The van der Waals surface area contributed by atoms with Gasteiger partial charge in [-0.1, -0.05) is 41.9 Å². The van der Waals surface area contributed by atoms with Crippen molar-refractivity contribution < 1.29 is 23.8 Å². The summed E-state index contributed by atoms with van der Waals surface area (Å²) in [6.45, 7) is 1.34. The fraction of sp³-hybridized carbons (Fsp3) is 0.0938. The van der Waals surface area contributed by atoms with Crippen molar-refractivity contribution in [2.75, 3.05) is 19.5 Å². The van der Waals surface area contributed by atoms with Gasteiger partial charge in [0.15, 0.2) is 0 Å². The van der Waals surface area contributed by atoms with Crippen LogP contribution in [0.25, 0.3) is 28.1 Å². The number of anilines is 1. The Bertz CT molecular complexity index is 1680. The molecule has 0 atom stereocenters. The van der Waals surface area contributed by atoms with Crippen molar-refractivity contribution >= 4 is 29.2 Å². The predicted molar refractivity (Wildman–Crippen MR) is 158 cm³/mol. The van der Waals surface area contributed by atoms with E-state index in [0.29, 0.717) is 55.8 Å². The molecule has 0 unspecified atom stereocenters. The summed E-state index contributed by atoms with van der Waals surface area (Å²) in [6, 6.07) is 28.7. The Morgan fingerprint density at radius 3 is 2.02 bits per heavy atom. The van der Waals surface area contributed by atoms with Crippen LogP contribution < -0.4 is 19.5 Å². The number of nitrogens with one attached hydrogen (secondary N) is 1. The van der Waals surface area contributed by atoms with Gasteiger partial charge in [-0.3, -0.25) is 9.59 Å². The van der Waals surface area contributed by atoms with Crippen LogP contribution in [0.2, 0.25) is 5.02 Å². The number of aromatic nitrogens is 2. The third-order valence-electron chi connectivity index (χ3n) is 6.25. The van der Waals surface area contributed by atoms with Crippen molar-refractivity contribution in [3.05, 3.63) is 108 Å². The number of carbonyl (C=O) groups is 2. The number of rotatable bonds is 8. The zero-order valence-electron chi connectivity index (χ0n) is 22.6. The molecule has 1 aromatic heterocycles. The lowest BCUT2D eigenvalue weighted by Crippen LogP contribution is -2.11. The van der Waals surface area contributed by atoms with Gasteiger partial charge in [0.25, 0.3) is 5.91 Å². The van der Waals surface area contributed by atoms with Crippen LogP contribution in [0, 0.1) is 0 Å². The third kappa shape index (κ3) is 6.08. The summed E-state index contributed by atoms with van der Waals surface area (Å²) < 4.78 is 18.4. The van der Waals surface area contributed by atoms with Gasteiger partial charge in [0, 0.05) is 34.8 Å². The van der Waals surface area contributed by atoms with Crippen LogP contribution in [0.1, 0.15) is 17.3 Å². The normalized spacial score (nSPS) is 10.6. The second-order valence-corrected chi connectivity index (χ2v) is 9.45. The van der Waals surface area contributed by atoms with Crippen LogP contribution in [0.15, 0.2) is 97.1 Å². The summed E-state index contributed by atoms with van der Waals surface area (Å²) in [5, 5.41) is 8.34. The minimum Gasteiger partial charge on any atom is -0.497 e. The zero-order valence-corrected chi connectivity index (χ0v) is 23.3. The molecule has 0 saturated carbocycles. The first kappa shape index (κ1) is 27.5. The van der Waals surface area contributed by atoms with Gasteiger partial charge in [0.05, 0.1) is 25.5 Å². The van der Waals surface area contributed by atoms with E-state index in [0.717, 1.165) is 0 Å². The fourth-order valence-corrected chi connectivity index (χ4v) is 4.43. The Morgan fingerprint density at radius 1 is 0.805 bits per heavy atom. The highest BCUT2D eigenvalue weighted by Crippen LogP contribution is 2.43. The molecule has 0 aliphatic carbocycles. The maximum atomic E-state index is 12.7. The Morgan fingerprint density at radius 2 is 1.44 bits per heavy atom. The number of ether oxygens (including phenoxy) is 3. The minimum atomic E-state index is -0.495. The lowest BCUT2D eigenvalue weighted by atomic mass is 10.0. The van der Waals surface area contributed by atoms with E-state index in [1.165, 1.54) is 6.92 Å². The molecule has 0 bridgehead atoms. The number of benzene rings is 4. The average molecular weight is 568 g/mol. The Hall–Kier alpha value is -5.08. The molecule has 0 fully saturated rings. The summed E-state index contributed by atoms with van der Waals surface area (Å²) in [7, 11) is 3.15. The molecule has 9 heteroatoms. The monoisotopic (exact) mass is 567 g/mol. The van der Waals surface area contributed by atoms with Crippen molar-refractivity contribution in [1.82, 2.24) is 9.78 Å². The Labute approximate surface area is 242 Å². The third-order valence-corrected chi connectivity index (χ3v) is 6.50. The number of hydrogen-bond donors (Lipinski definition) is 1. The van der Waals surface area contributed by atoms with Crippen molar-refractivity contribution in [3.63, 3.8) is 0 Å². The van der Waals surface area contributed by atoms with Gasteiger partial charge in [-0.15, -0.1) is 0 Å². The quantitative estimate of drug-likeness (QED) is 0.202. The van der Waals surface area contributed by atoms with E-state index in [2.05, 4.69) is 5.32 Å². The highest BCUT2D eigenvalue weighted by molar-refractivity contribution is 6.30. The van der Waals surface area contributed by atoms with Crippen molar-refractivity contribution in [3.8, 4) is 45.5 Å². The smallest absolute Gasteiger partial charge is 0.309 e. The van der Waals surface area contributed by atoms with E-state index in [9.17, 15) is 9.59 Å². The van der Waals surface area contributed by atoms with E-state index in [-0.39, 0.29) is 11.8 Å². The molecule has 0 aliphatic rings. The van der Waals surface area contributed by atoms with Gasteiger partial charge in [-0.25, -0.2) is 0 Å². The molecule has 0 saturated heterocycles. The first-order valence-electron chi connectivity index (χ1n) is 12.6. The van der Waals surface area contributed by atoms with Gasteiger partial charge in [0.1, 0.15) is 17.2 Å². The topological polar surface area (TPSA) is 91.7 Å². The summed E-state index contributed by atoms with van der Waals surface area (Å²) in [5.41, 5.74) is 4.30. The number of methoxy groups -OCH3 is 2. The summed E-state index contributed by atoms with van der Waals surface area (Å²) >= 11 is 5.94. The molecule has 0 aliphatic heterocycles. The summed E-state index contributed by atoms with van der Waals surface area (Å²) in [4.78, 5) is 25.0. The first-order valence-corrected chi connectivity index (χ1v) is 13.0. The fourth-order valence-electron chi connectivity index (χ4n) is 4.31. The van der Waals surface area contributed by atoms with Crippen LogP contribution in [0.4, 0.5) is 5.69 Å². The van der Waals surface area contributed by atoms with Crippen LogP contribution in [0.5, 0.6) is 17.4 Å². The molecule has 1 N–H and O–H groups in total. The highest BCUT2D eigenvalue weighted by atomic mass is 35.5. The standard InChI is InChI=1S/C32H26ClN3O5/c1-20(37)41-32-29(21-11-15-25(16-12-21)34-31(38)22-9-13-24(33)14-10-22)30(35-36(32)26-7-5-4-6-8-26)23-17-27(39-2)19-28(18-23)40-3/h4-19H,1-3H3,(H,34,38). The number of amides is 1. The van der Waals surface area contributed by atoms with Crippen LogP contribution in [-0.2, 0) is 4.79 Å². The van der Waals surface area contributed by atoms with E-state index < -0.39 is 5.97 Å². The maximum Gasteiger partial charge on any atom is 0.309 e. The lowest BCUT2D eigenvalue weighted by Gasteiger charge is -2.11. The molecule has 4 aromatic carbocycles. The van der Waals surface area contributed by atoms with Crippen LogP contribution >= 0.6 is 11.6 Å². The van der Waals surface area contributed by atoms with Crippen molar-refractivity contribution in [2.24, 2.45) is 0 Å². The number of carbonyl (C=O) groups excluding carboxylic acids is 2. The molecule has 5 aromatic rings. The molecule has 1 heterocycles. The van der Waals surface area contributed by atoms with Gasteiger partial charge < -0.3 is 19.5 Å². The summed E-state index contributed by atoms with van der Waals surface area (Å²) in [6.07, 6.45) is 0. The Balaban J connectivity index is 1.63. The molecule has 8 nitrogen and oxygen atoms in total. The van der Waals surface area contributed by atoms with Gasteiger partial charge in [0.2, 0.25) is 5.88 Å². The molecular weight excluding hydrogens is 542 g/mol. The molecule has 206 valence electrons. The average Bonchev–Trinajstić information content (AvgIpc) is 3.36. The summed E-state index contributed by atoms with van der Waals surface area (Å²) in [5.74, 6) is 0.641. The molecular formula is C32H26ClN3O5. The second kappa shape index (κ2) is 12.0. The molecule has 41 heavy (non-hydrogen) atoms. The number of para-hydroxylation sites is 1. The van der Waals surface area contributed by atoms with Gasteiger partial charge >= 0.3 is 5.97 Å². The molecule has 1 amide bonds. The van der Waals surface area contributed by atoms with E-state index in [1.54, 1.807) is 61.4 Å². The van der Waals surface area contributed by atoms with E-state index in [1.807, 2.05) is 54.6 Å². The van der Waals surface area contributed by atoms with Crippen molar-refractivity contribution in [2.45, 2.75) is 6.92 Å². The number of nitrogens with zero attached hydrogens (tertiary/aromatic N) is 2. The largest absolute Gasteiger partial charge is 0.497 e. The predicted octanol–water partition coefficient (Wildman–Crippen LogP) is 7.05. The number of hydrogen-bond acceptors (Lipinski definition) is 6. The molecule has 0 spiro atoms. The lowest BCUT2D eigenvalue weighted by molar-refractivity contribution is -0.132. The van der Waals surface area contributed by atoms with Crippen LogP contribution in [0.3, 0.4) is 0 Å². The van der Waals surface area contributed by atoms with E-state index >= 15 is 0 Å². The SMILES string of the molecule is COc1cc(OC)cc(-c2nn(-c3ccccc3)c(OC(C)=O)c2-c2ccc(NC(=O)c3ccc(Cl)cc3)cc2)c1. The second-order valence-electron chi connectivity index (χ2n) is 9.01. The van der Waals surface area contributed by atoms with Gasteiger partial charge in [-0.05, 0) is 66.2 Å². The Kier molecular flexibility index (Phi) is 8.03. The minimum absolute atomic E-state index is 0.249. The van der Waals surface area contributed by atoms with Crippen molar-refractivity contribution in [1.29, 1.82) is 0 Å². The zero-order chi connectivity index (χ0) is 28.9. The van der Waals surface area contributed by atoms with Crippen LogP contribution in [-0.4, -0.2) is 35.9 Å². The molecule has 5 rings (SSSR count). The van der Waals surface area contributed by atoms with E-state index in [4.69, 9.17) is 30.9 Å². The highest BCUT2D eigenvalue weighted by Gasteiger charge is 2.25. The first-order chi connectivity index (χ1) is 19.9. The number of esters is 1. The number of halogens is 1.